The lowest BCUT2D eigenvalue weighted by Gasteiger charge is -2.38. The molecule has 3 heteroatoms. The lowest BCUT2D eigenvalue weighted by Crippen LogP contribution is -2.51. The van der Waals surface area contributed by atoms with Gasteiger partial charge in [0.05, 0.1) is 0 Å². The summed E-state index contributed by atoms with van der Waals surface area (Å²) in [5, 5.41) is 3.35. The summed E-state index contributed by atoms with van der Waals surface area (Å²) >= 11 is 0. The van der Waals surface area contributed by atoms with Crippen molar-refractivity contribution in [1.29, 1.82) is 0 Å². The third kappa shape index (κ3) is 3.45. The maximum absolute atomic E-state index is 12.7. The zero-order valence-corrected chi connectivity index (χ0v) is 13.7. The van der Waals surface area contributed by atoms with Crippen LogP contribution in [0.2, 0.25) is 0 Å². The second kappa shape index (κ2) is 6.72. The predicted molar refractivity (Wildman–Crippen MR) is 91.0 cm³/mol. The third-order valence-electron chi connectivity index (χ3n) is 5.38. The van der Waals surface area contributed by atoms with Crippen LogP contribution in [0.15, 0.2) is 30.3 Å². The standard InChI is InChI=1S/C19H28N2O/c1-19(12-6-3-7-13-19)18(22)20-16-9-8-14-21(15-16)17-10-4-2-5-11-17/h2,4-5,10-11,16H,3,6-9,12-15H2,1H3,(H,20,22). The summed E-state index contributed by atoms with van der Waals surface area (Å²) in [6.07, 6.45) is 8.03. The van der Waals surface area contributed by atoms with Gasteiger partial charge in [0.2, 0.25) is 5.91 Å². The summed E-state index contributed by atoms with van der Waals surface area (Å²) in [6.45, 7) is 4.18. The van der Waals surface area contributed by atoms with Gasteiger partial charge in [0.1, 0.15) is 0 Å². The topological polar surface area (TPSA) is 32.3 Å². The molecule has 1 atom stereocenters. The number of anilines is 1. The summed E-state index contributed by atoms with van der Waals surface area (Å²) in [4.78, 5) is 15.1. The SMILES string of the molecule is CC1(C(=O)NC2CCCN(c3ccccc3)C2)CCCCC1. The molecule has 120 valence electrons. The van der Waals surface area contributed by atoms with Gasteiger partial charge >= 0.3 is 0 Å². The number of benzene rings is 1. The summed E-state index contributed by atoms with van der Waals surface area (Å²) in [5.41, 5.74) is 1.14. The van der Waals surface area contributed by atoms with E-state index < -0.39 is 0 Å². The molecular weight excluding hydrogens is 272 g/mol. The van der Waals surface area contributed by atoms with Crippen LogP contribution < -0.4 is 10.2 Å². The van der Waals surface area contributed by atoms with Crippen LogP contribution in [-0.2, 0) is 4.79 Å². The Morgan fingerprint density at radius 1 is 1.14 bits per heavy atom. The van der Waals surface area contributed by atoms with E-state index in [9.17, 15) is 4.79 Å². The predicted octanol–water partition coefficient (Wildman–Crippen LogP) is 3.74. The Balaban J connectivity index is 1.59. The largest absolute Gasteiger partial charge is 0.369 e. The van der Waals surface area contributed by atoms with E-state index in [2.05, 4.69) is 47.5 Å². The number of amides is 1. The molecule has 1 aromatic carbocycles. The van der Waals surface area contributed by atoms with E-state index >= 15 is 0 Å². The third-order valence-corrected chi connectivity index (χ3v) is 5.38. The van der Waals surface area contributed by atoms with E-state index in [1.54, 1.807) is 0 Å². The Morgan fingerprint density at radius 3 is 2.59 bits per heavy atom. The first-order valence-corrected chi connectivity index (χ1v) is 8.78. The lowest BCUT2D eigenvalue weighted by molar-refractivity contribution is -0.132. The highest BCUT2D eigenvalue weighted by Gasteiger charge is 2.36. The second-order valence-corrected chi connectivity index (χ2v) is 7.22. The number of hydrogen-bond acceptors (Lipinski definition) is 2. The maximum Gasteiger partial charge on any atom is 0.226 e. The van der Waals surface area contributed by atoms with E-state index in [0.717, 1.165) is 38.8 Å². The molecule has 1 unspecified atom stereocenters. The highest BCUT2D eigenvalue weighted by atomic mass is 16.2. The van der Waals surface area contributed by atoms with Gasteiger partial charge in [0, 0.05) is 30.2 Å². The average Bonchev–Trinajstić information content (AvgIpc) is 2.56. The highest BCUT2D eigenvalue weighted by Crippen LogP contribution is 2.36. The van der Waals surface area contributed by atoms with Gasteiger partial charge in [-0.25, -0.2) is 0 Å². The van der Waals surface area contributed by atoms with Gasteiger partial charge in [0.25, 0.3) is 0 Å². The summed E-state index contributed by atoms with van der Waals surface area (Å²) in [7, 11) is 0. The number of hydrogen-bond donors (Lipinski definition) is 1. The molecule has 0 aromatic heterocycles. The molecule has 3 nitrogen and oxygen atoms in total. The van der Waals surface area contributed by atoms with Crippen molar-refractivity contribution >= 4 is 11.6 Å². The Bertz CT molecular complexity index is 493. The monoisotopic (exact) mass is 300 g/mol. The van der Waals surface area contributed by atoms with E-state index in [0.29, 0.717) is 6.04 Å². The minimum atomic E-state index is -0.132. The number of nitrogens with zero attached hydrogens (tertiary/aromatic N) is 1. The van der Waals surface area contributed by atoms with Gasteiger partial charge < -0.3 is 10.2 Å². The summed E-state index contributed by atoms with van der Waals surface area (Å²) < 4.78 is 0. The fourth-order valence-electron chi connectivity index (χ4n) is 3.89. The molecule has 1 aromatic rings. The van der Waals surface area contributed by atoms with E-state index in [4.69, 9.17) is 0 Å². The Kier molecular flexibility index (Phi) is 4.70. The molecule has 0 bridgehead atoms. The van der Waals surface area contributed by atoms with Crippen LogP contribution in [0.5, 0.6) is 0 Å². The molecule has 0 radical (unpaired) electrons. The van der Waals surface area contributed by atoms with Crippen LogP contribution in [0.3, 0.4) is 0 Å². The van der Waals surface area contributed by atoms with Gasteiger partial charge in [-0.2, -0.15) is 0 Å². The van der Waals surface area contributed by atoms with Crippen molar-refractivity contribution in [2.45, 2.75) is 57.9 Å². The number of nitrogens with one attached hydrogen (secondary N) is 1. The van der Waals surface area contributed by atoms with Crippen molar-refractivity contribution in [3.63, 3.8) is 0 Å². The van der Waals surface area contributed by atoms with Crippen molar-refractivity contribution in [3.8, 4) is 0 Å². The van der Waals surface area contributed by atoms with Crippen molar-refractivity contribution in [1.82, 2.24) is 5.32 Å². The summed E-state index contributed by atoms with van der Waals surface area (Å²) in [5.74, 6) is 0.284. The molecule has 1 amide bonds. The van der Waals surface area contributed by atoms with Crippen LogP contribution in [-0.4, -0.2) is 25.0 Å². The molecule has 1 aliphatic heterocycles. The molecule has 1 aliphatic carbocycles. The zero-order valence-electron chi connectivity index (χ0n) is 13.7. The molecular formula is C19H28N2O. The molecule has 2 fully saturated rings. The number of rotatable bonds is 3. The number of para-hydroxylation sites is 1. The zero-order chi connectivity index (χ0) is 15.4. The van der Waals surface area contributed by atoms with Gasteiger partial charge in [-0.1, -0.05) is 44.4 Å². The molecule has 22 heavy (non-hydrogen) atoms. The molecule has 3 rings (SSSR count). The van der Waals surface area contributed by atoms with Gasteiger partial charge in [-0.05, 0) is 37.8 Å². The van der Waals surface area contributed by atoms with E-state index in [1.807, 2.05) is 0 Å². The van der Waals surface area contributed by atoms with Crippen molar-refractivity contribution in [3.05, 3.63) is 30.3 Å². The van der Waals surface area contributed by atoms with Crippen molar-refractivity contribution in [2.75, 3.05) is 18.0 Å². The maximum atomic E-state index is 12.7. The highest BCUT2D eigenvalue weighted by molar-refractivity contribution is 5.82. The fourth-order valence-corrected chi connectivity index (χ4v) is 3.89. The first kappa shape index (κ1) is 15.4. The minimum Gasteiger partial charge on any atom is -0.369 e. The quantitative estimate of drug-likeness (QED) is 0.922. The second-order valence-electron chi connectivity index (χ2n) is 7.22. The van der Waals surface area contributed by atoms with E-state index in [-0.39, 0.29) is 11.3 Å². The van der Waals surface area contributed by atoms with E-state index in [1.165, 1.54) is 24.9 Å². The van der Waals surface area contributed by atoms with Crippen molar-refractivity contribution in [2.24, 2.45) is 5.41 Å². The molecule has 1 heterocycles. The van der Waals surface area contributed by atoms with Crippen LogP contribution in [0.1, 0.15) is 51.9 Å². The molecule has 0 spiro atoms. The van der Waals surface area contributed by atoms with Gasteiger partial charge in [-0.3, -0.25) is 4.79 Å². The van der Waals surface area contributed by atoms with Gasteiger partial charge in [0.15, 0.2) is 0 Å². The van der Waals surface area contributed by atoms with Crippen LogP contribution >= 0.6 is 0 Å². The molecule has 1 saturated carbocycles. The van der Waals surface area contributed by atoms with Crippen LogP contribution in [0.25, 0.3) is 0 Å². The van der Waals surface area contributed by atoms with Crippen LogP contribution in [0, 0.1) is 5.41 Å². The van der Waals surface area contributed by atoms with Gasteiger partial charge in [-0.15, -0.1) is 0 Å². The number of carbonyl (C=O) groups is 1. The Morgan fingerprint density at radius 2 is 1.86 bits per heavy atom. The summed E-state index contributed by atoms with van der Waals surface area (Å²) in [6, 6.07) is 10.8. The first-order valence-electron chi connectivity index (χ1n) is 8.78. The lowest BCUT2D eigenvalue weighted by atomic mass is 9.75. The molecule has 1 N–H and O–H groups in total. The minimum absolute atomic E-state index is 0.132. The number of piperidine rings is 1. The smallest absolute Gasteiger partial charge is 0.226 e. The Hall–Kier alpha value is -1.51. The molecule has 2 aliphatic rings. The van der Waals surface area contributed by atoms with Crippen LogP contribution in [0.4, 0.5) is 5.69 Å². The molecule has 1 saturated heterocycles. The normalized spacial score (nSPS) is 24.8. The number of carbonyl (C=O) groups excluding carboxylic acids is 1. The average molecular weight is 300 g/mol. The fraction of sp³-hybridized carbons (Fsp3) is 0.632. The van der Waals surface area contributed by atoms with Crippen molar-refractivity contribution < 1.29 is 4.79 Å². The Labute approximate surface area is 134 Å². The first-order chi connectivity index (χ1) is 10.7.